The number of Topliss-reactive ketones (excluding diaryl/α,β-unsaturated/α-hetero) is 1. The Balaban J connectivity index is 1.83. The standard InChI is InChI=1S/C25H22BrN3O2S/c1-16-5-4-6-21(15-16)28-24(19-7-11-20(26)12-8-19)27-29(25(28)32)17(2)23(30)18-9-13-22(31-3)14-10-18/h4-15,17H,1-3H3/t17-/m0/s1. The van der Waals surface area contributed by atoms with Crippen LogP contribution in [0.5, 0.6) is 5.75 Å². The van der Waals surface area contributed by atoms with Gasteiger partial charge in [0, 0.05) is 15.6 Å². The Morgan fingerprint density at radius 3 is 2.38 bits per heavy atom. The fraction of sp³-hybridized carbons (Fsp3) is 0.160. The van der Waals surface area contributed by atoms with Crippen molar-refractivity contribution in [2.45, 2.75) is 19.9 Å². The minimum absolute atomic E-state index is 0.0694. The van der Waals surface area contributed by atoms with E-state index in [4.69, 9.17) is 22.1 Å². The molecule has 0 spiro atoms. The zero-order valence-corrected chi connectivity index (χ0v) is 20.4. The Hall–Kier alpha value is -3.03. The molecule has 0 saturated heterocycles. The van der Waals surface area contributed by atoms with Crippen LogP contribution in [0.3, 0.4) is 0 Å². The summed E-state index contributed by atoms with van der Waals surface area (Å²) in [6.45, 7) is 3.86. The number of carbonyl (C=O) groups is 1. The van der Waals surface area contributed by atoms with Crippen LogP contribution in [-0.2, 0) is 0 Å². The van der Waals surface area contributed by atoms with Crippen LogP contribution in [0.15, 0.2) is 77.3 Å². The Kier molecular flexibility index (Phi) is 6.39. The summed E-state index contributed by atoms with van der Waals surface area (Å²) in [5.41, 5.74) is 3.50. The number of benzene rings is 3. The minimum atomic E-state index is -0.573. The van der Waals surface area contributed by atoms with E-state index in [1.165, 1.54) is 0 Å². The van der Waals surface area contributed by atoms with Crippen molar-refractivity contribution in [3.05, 3.63) is 93.2 Å². The van der Waals surface area contributed by atoms with Crippen LogP contribution < -0.4 is 4.74 Å². The number of methoxy groups -OCH3 is 1. The largest absolute Gasteiger partial charge is 0.497 e. The molecule has 0 aliphatic carbocycles. The molecule has 32 heavy (non-hydrogen) atoms. The number of nitrogens with zero attached hydrogens (tertiary/aromatic N) is 3. The van der Waals surface area contributed by atoms with Crippen molar-refractivity contribution in [3.63, 3.8) is 0 Å². The van der Waals surface area contributed by atoms with Crippen LogP contribution in [0, 0.1) is 11.7 Å². The molecular formula is C25H22BrN3O2S. The molecule has 1 aromatic heterocycles. The van der Waals surface area contributed by atoms with Gasteiger partial charge < -0.3 is 4.74 Å². The van der Waals surface area contributed by atoms with Gasteiger partial charge in [-0.1, -0.05) is 40.2 Å². The predicted molar refractivity (Wildman–Crippen MR) is 132 cm³/mol. The van der Waals surface area contributed by atoms with E-state index >= 15 is 0 Å². The van der Waals surface area contributed by atoms with Crippen molar-refractivity contribution in [2.24, 2.45) is 0 Å². The van der Waals surface area contributed by atoms with E-state index in [1.54, 1.807) is 36.1 Å². The summed E-state index contributed by atoms with van der Waals surface area (Å²) in [7, 11) is 1.60. The first kappa shape index (κ1) is 22.2. The first-order valence-electron chi connectivity index (χ1n) is 10.1. The second-order valence-electron chi connectivity index (χ2n) is 7.50. The van der Waals surface area contributed by atoms with E-state index in [-0.39, 0.29) is 5.78 Å². The quantitative estimate of drug-likeness (QED) is 0.218. The zero-order valence-electron chi connectivity index (χ0n) is 17.9. The topological polar surface area (TPSA) is 49.1 Å². The Labute approximate surface area is 200 Å². The minimum Gasteiger partial charge on any atom is -0.497 e. The molecule has 3 aromatic carbocycles. The predicted octanol–water partition coefficient (Wildman–Crippen LogP) is 6.59. The lowest BCUT2D eigenvalue weighted by Crippen LogP contribution is -2.18. The van der Waals surface area contributed by atoms with E-state index in [0.717, 1.165) is 21.3 Å². The summed E-state index contributed by atoms with van der Waals surface area (Å²) >= 11 is 9.31. The third-order valence-corrected chi connectivity index (χ3v) is 6.18. The highest BCUT2D eigenvalue weighted by atomic mass is 79.9. The summed E-state index contributed by atoms with van der Waals surface area (Å²) in [5, 5.41) is 4.81. The van der Waals surface area contributed by atoms with Crippen LogP contribution in [-0.4, -0.2) is 27.2 Å². The fourth-order valence-corrected chi connectivity index (χ4v) is 4.18. The van der Waals surface area contributed by atoms with E-state index in [1.807, 2.05) is 60.9 Å². The molecule has 0 aliphatic heterocycles. The monoisotopic (exact) mass is 507 g/mol. The molecule has 0 unspecified atom stereocenters. The van der Waals surface area contributed by atoms with Crippen molar-refractivity contribution >= 4 is 33.9 Å². The number of rotatable bonds is 6. The van der Waals surface area contributed by atoms with Gasteiger partial charge in [0.25, 0.3) is 0 Å². The molecule has 4 rings (SSSR count). The first-order chi connectivity index (χ1) is 15.4. The highest BCUT2D eigenvalue weighted by molar-refractivity contribution is 9.10. The number of ketones is 1. The van der Waals surface area contributed by atoms with Gasteiger partial charge in [-0.3, -0.25) is 9.36 Å². The number of aromatic nitrogens is 3. The van der Waals surface area contributed by atoms with Crippen molar-refractivity contribution in [1.82, 2.24) is 14.3 Å². The van der Waals surface area contributed by atoms with Gasteiger partial charge in [0.1, 0.15) is 11.8 Å². The summed E-state index contributed by atoms with van der Waals surface area (Å²) in [4.78, 5) is 13.2. The molecule has 0 fully saturated rings. The molecule has 0 radical (unpaired) electrons. The summed E-state index contributed by atoms with van der Waals surface area (Å²) in [5.74, 6) is 1.31. The Bertz CT molecular complexity index is 1320. The SMILES string of the molecule is COc1ccc(C(=O)[C@H](C)n2nc(-c3ccc(Br)cc3)n(-c3cccc(C)c3)c2=S)cc1. The average Bonchev–Trinajstić information content (AvgIpc) is 3.15. The number of hydrogen-bond donors (Lipinski definition) is 0. The van der Waals surface area contributed by atoms with Crippen molar-refractivity contribution < 1.29 is 9.53 Å². The molecule has 0 bridgehead atoms. The van der Waals surface area contributed by atoms with Crippen LogP contribution in [0.2, 0.25) is 0 Å². The third kappa shape index (κ3) is 4.31. The highest BCUT2D eigenvalue weighted by Crippen LogP contribution is 2.27. The molecule has 1 atom stereocenters. The maximum atomic E-state index is 13.2. The van der Waals surface area contributed by atoms with Crippen molar-refractivity contribution in [1.29, 1.82) is 0 Å². The smallest absolute Gasteiger partial charge is 0.203 e. The molecule has 7 heteroatoms. The van der Waals surface area contributed by atoms with Gasteiger partial charge in [0.05, 0.1) is 12.8 Å². The van der Waals surface area contributed by atoms with Gasteiger partial charge in [-0.05, 0) is 80.2 Å². The molecule has 0 N–H and O–H groups in total. The fourth-order valence-electron chi connectivity index (χ4n) is 3.53. The number of carbonyl (C=O) groups excluding carboxylic acids is 1. The normalized spacial score (nSPS) is 11.9. The third-order valence-electron chi connectivity index (χ3n) is 5.28. The molecule has 0 amide bonds. The summed E-state index contributed by atoms with van der Waals surface area (Å²) in [6.07, 6.45) is 0. The van der Waals surface area contributed by atoms with Gasteiger partial charge in [0.15, 0.2) is 11.6 Å². The second-order valence-corrected chi connectivity index (χ2v) is 8.78. The van der Waals surface area contributed by atoms with E-state index in [9.17, 15) is 4.79 Å². The number of aryl methyl sites for hydroxylation is 1. The lowest BCUT2D eigenvalue weighted by atomic mass is 10.1. The van der Waals surface area contributed by atoms with Gasteiger partial charge in [-0.2, -0.15) is 5.10 Å². The molecule has 4 aromatic rings. The van der Waals surface area contributed by atoms with Gasteiger partial charge in [0.2, 0.25) is 4.77 Å². The molecule has 0 aliphatic rings. The van der Waals surface area contributed by atoms with Crippen LogP contribution in [0.1, 0.15) is 28.9 Å². The van der Waals surface area contributed by atoms with Crippen molar-refractivity contribution in [2.75, 3.05) is 7.11 Å². The Morgan fingerprint density at radius 1 is 1.06 bits per heavy atom. The molecular weight excluding hydrogens is 486 g/mol. The average molecular weight is 508 g/mol. The molecule has 0 saturated carbocycles. The Morgan fingerprint density at radius 2 is 1.75 bits per heavy atom. The van der Waals surface area contributed by atoms with E-state index in [0.29, 0.717) is 21.9 Å². The lowest BCUT2D eigenvalue weighted by Gasteiger charge is -2.11. The zero-order chi connectivity index (χ0) is 22.8. The van der Waals surface area contributed by atoms with Gasteiger partial charge >= 0.3 is 0 Å². The second kappa shape index (κ2) is 9.22. The molecule has 162 valence electrons. The maximum absolute atomic E-state index is 13.2. The highest BCUT2D eigenvalue weighted by Gasteiger charge is 2.23. The van der Waals surface area contributed by atoms with Gasteiger partial charge in [-0.25, -0.2) is 4.68 Å². The van der Waals surface area contributed by atoms with E-state index < -0.39 is 6.04 Å². The van der Waals surface area contributed by atoms with Crippen LogP contribution in [0.4, 0.5) is 0 Å². The maximum Gasteiger partial charge on any atom is 0.203 e. The molecule has 1 heterocycles. The first-order valence-corrected chi connectivity index (χ1v) is 11.3. The van der Waals surface area contributed by atoms with Crippen molar-refractivity contribution in [3.8, 4) is 22.8 Å². The number of hydrogen-bond acceptors (Lipinski definition) is 4. The number of halogens is 1. The lowest BCUT2D eigenvalue weighted by molar-refractivity contribution is 0.0927. The van der Waals surface area contributed by atoms with Gasteiger partial charge in [-0.15, -0.1) is 0 Å². The van der Waals surface area contributed by atoms with E-state index in [2.05, 4.69) is 22.0 Å². The number of ether oxygens (including phenoxy) is 1. The molecule has 5 nitrogen and oxygen atoms in total. The summed E-state index contributed by atoms with van der Waals surface area (Å²) in [6, 6.07) is 22.4. The van der Waals surface area contributed by atoms with Crippen LogP contribution >= 0.6 is 28.1 Å². The summed E-state index contributed by atoms with van der Waals surface area (Å²) < 4.78 is 10.2. The van der Waals surface area contributed by atoms with Crippen LogP contribution in [0.25, 0.3) is 17.1 Å².